The van der Waals surface area contributed by atoms with Crippen LogP contribution in [-0.4, -0.2) is 10.9 Å². The van der Waals surface area contributed by atoms with Crippen LogP contribution in [-0.2, 0) is 0 Å². The fourth-order valence-electron chi connectivity index (χ4n) is 3.24. The standard InChI is InChI=1S/C12H19NO/c1-11(2)5-4-6-12(3)8-9(13-14)7-10(11)12/h7,14H,4-6,8H2,1-3H3. The third kappa shape index (κ3) is 1.28. The van der Waals surface area contributed by atoms with Gasteiger partial charge in [-0.3, -0.25) is 0 Å². The van der Waals surface area contributed by atoms with Crippen LogP contribution in [0.4, 0.5) is 0 Å². The first-order valence-corrected chi connectivity index (χ1v) is 5.42. The molecule has 1 saturated carbocycles. The van der Waals surface area contributed by atoms with Gasteiger partial charge in [0.1, 0.15) is 0 Å². The minimum absolute atomic E-state index is 0.267. The van der Waals surface area contributed by atoms with Gasteiger partial charge in [0, 0.05) is 6.42 Å². The summed E-state index contributed by atoms with van der Waals surface area (Å²) < 4.78 is 0. The normalized spacial score (nSPS) is 38.2. The Morgan fingerprint density at radius 1 is 1.29 bits per heavy atom. The van der Waals surface area contributed by atoms with E-state index in [2.05, 4.69) is 32.0 Å². The average Bonchev–Trinajstić information content (AvgIpc) is 2.43. The molecule has 0 saturated heterocycles. The highest BCUT2D eigenvalue weighted by molar-refractivity contribution is 5.99. The molecule has 0 bridgehead atoms. The van der Waals surface area contributed by atoms with E-state index in [-0.39, 0.29) is 5.41 Å². The van der Waals surface area contributed by atoms with Gasteiger partial charge in [0.15, 0.2) is 0 Å². The molecule has 1 N–H and O–H groups in total. The average molecular weight is 193 g/mol. The maximum Gasteiger partial charge on any atom is 0.0804 e. The van der Waals surface area contributed by atoms with Crippen molar-refractivity contribution in [2.75, 3.05) is 0 Å². The van der Waals surface area contributed by atoms with Gasteiger partial charge < -0.3 is 5.21 Å². The third-order valence-corrected chi connectivity index (χ3v) is 3.92. The van der Waals surface area contributed by atoms with Crippen molar-refractivity contribution >= 4 is 5.71 Å². The monoisotopic (exact) mass is 193 g/mol. The SMILES string of the molecule is CC1(C)CCCC2(C)CC(=NO)C=C12. The van der Waals surface area contributed by atoms with Crippen LogP contribution in [0.2, 0.25) is 0 Å². The molecular weight excluding hydrogens is 174 g/mol. The molecule has 78 valence electrons. The Morgan fingerprint density at radius 2 is 2.00 bits per heavy atom. The summed E-state index contributed by atoms with van der Waals surface area (Å²) in [5.74, 6) is 0. The minimum Gasteiger partial charge on any atom is -0.411 e. The van der Waals surface area contributed by atoms with Gasteiger partial charge in [-0.1, -0.05) is 37.9 Å². The van der Waals surface area contributed by atoms with Crippen LogP contribution in [0.15, 0.2) is 16.8 Å². The summed E-state index contributed by atoms with van der Waals surface area (Å²) in [6.45, 7) is 6.91. The number of hydrogen-bond donors (Lipinski definition) is 1. The summed E-state index contributed by atoms with van der Waals surface area (Å²) in [5, 5.41) is 12.2. The summed E-state index contributed by atoms with van der Waals surface area (Å²) in [6, 6.07) is 0. The summed E-state index contributed by atoms with van der Waals surface area (Å²) in [5.41, 5.74) is 2.91. The van der Waals surface area contributed by atoms with Gasteiger partial charge in [-0.2, -0.15) is 0 Å². The molecule has 2 aliphatic rings. The summed E-state index contributed by atoms with van der Waals surface area (Å²) in [4.78, 5) is 0. The van der Waals surface area contributed by atoms with Crippen molar-refractivity contribution in [1.82, 2.24) is 0 Å². The van der Waals surface area contributed by atoms with E-state index < -0.39 is 0 Å². The Labute approximate surface area is 85.7 Å². The zero-order chi connectivity index (χ0) is 10.4. The Hall–Kier alpha value is -0.790. The van der Waals surface area contributed by atoms with E-state index in [1.165, 1.54) is 24.8 Å². The second-order valence-corrected chi connectivity index (χ2v) is 5.62. The van der Waals surface area contributed by atoms with Crippen LogP contribution < -0.4 is 0 Å². The molecule has 0 amide bonds. The van der Waals surface area contributed by atoms with Crippen LogP contribution >= 0.6 is 0 Å². The highest BCUT2D eigenvalue weighted by Gasteiger charge is 2.45. The summed E-state index contributed by atoms with van der Waals surface area (Å²) >= 11 is 0. The summed E-state index contributed by atoms with van der Waals surface area (Å²) in [7, 11) is 0. The summed E-state index contributed by atoms with van der Waals surface area (Å²) in [6.07, 6.45) is 6.81. The zero-order valence-corrected chi connectivity index (χ0v) is 9.30. The lowest BCUT2D eigenvalue weighted by Crippen LogP contribution is -2.31. The number of nitrogens with zero attached hydrogens (tertiary/aromatic N) is 1. The topological polar surface area (TPSA) is 32.6 Å². The molecule has 2 heteroatoms. The van der Waals surface area contributed by atoms with Gasteiger partial charge in [0.25, 0.3) is 0 Å². The highest BCUT2D eigenvalue weighted by atomic mass is 16.4. The van der Waals surface area contributed by atoms with Crippen LogP contribution in [0.5, 0.6) is 0 Å². The van der Waals surface area contributed by atoms with Crippen molar-refractivity contribution in [2.24, 2.45) is 16.0 Å². The number of hydrogen-bond acceptors (Lipinski definition) is 2. The van der Waals surface area contributed by atoms with Gasteiger partial charge in [0.05, 0.1) is 5.71 Å². The molecule has 0 aromatic heterocycles. The first-order valence-electron chi connectivity index (χ1n) is 5.42. The Kier molecular flexibility index (Phi) is 1.98. The molecular formula is C12H19NO. The van der Waals surface area contributed by atoms with E-state index in [0.717, 1.165) is 12.1 Å². The molecule has 2 nitrogen and oxygen atoms in total. The second-order valence-electron chi connectivity index (χ2n) is 5.62. The predicted octanol–water partition coefficient (Wildman–Crippen LogP) is 3.36. The molecule has 2 aliphatic carbocycles. The molecule has 1 atom stereocenters. The van der Waals surface area contributed by atoms with Crippen molar-refractivity contribution in [3.63, 3.8) is 0 Å². The van der Waals surface area contributed by atoms with E-state index in [1.807, 2.05) is 0 Å². The molecule has 14 heavy (non-hydrogen) atoms. The van der Waals surface area contributed by atoms with E-state index in [9.17, 15) is 0 Å². The van der Waals surface area contributed by atoms with E-state index in [1.54, 1.807) is 0 Å². The lowest BCUT2D eigenvalue weighted by Gasteiger charge is -2.43. The maximum atomic E-state index is 8.84. The fourth-order valence-corrected chi connectivity index (χ4v) is 3.24. The van der Waals surface area contributed by atoms with Gasteiger partial charge in [0.2, 0.25) is 0 Å². The van der Waals surface area contributed by atoms with Crippen LogP contribution in [0.3, 0.4) is 0 Å². The quantitative estimate of drug-likeness (QED) is 0.464. The van der Waals surface area contributed by atoms with Crippen molar-refractivity contribution in [3.05, 3.63) is 11.6 Å². The predicted molar refractivity (Wildman–Crippen MR) is 57.7 cm³/mol. The van der Waals surface area contributed by atoms with Gasteiger partial charge >= 0.3 is 0 Å². The highest BCUT2D eigenvalue weighted by Crippen LogP contribution is 2.55. The first kappa shape index (κ1) is 9.75. The Balaban J connectivity index is 2.42. The molecule has 0 heterocycles. The van der Waals surface area contributed by atoms with Crippen LogP contribution in [0.25, 0.3) is 0 Å². The number of oxime groups is 1. The molecule has 2 rings (SSSR count). The van der Waals surface area contributed by atoms with Crippen LogP contribution in [0.1, 0.15) is 46.5 Å². The molecule has 0 spiro atoms. The van der Waals surface area contributed by atoms with Crippen LogP contribution in [0, 0.1) is 10.8 Å². The van der Waals surface area contributed by atoms with E-state index >= 15 is 0 Å². The van der Waals surface area contributed by atoms with E-state index in [4.69, 9.17) is 5.21 Å². The molecule has 0 aromatic carbocycles. The maximum absolute atomic E-state index is 8.84. The number of allylic oxidation sites excluding steroid dienone is 2. The first-order chi connectivity index (χ1) is 6.48. The fraction of sp³-hybridized carbons (Fsp3) is 0.750. The van der Waals surface area contributed by atoms with Crippen molar-refractivity contribution < 1.29 is 5.21 Å². The lowest BCUT2D eigenvalue weighted by atomic mass is 9.62. The van der Waals surface area contributed by atoms with Crippen molar-refractivity contribution in [1.29, 1.82) is 0 Å². The van der Waals surface area contributed by atoms with Crippen molar-refractivity contribution in [2.45, 2.75) is 46.5 Å². The van der Waals surface area contributed by atoms with Gasteiger partial charge in [-0.05, 0) is 29.7 Å². The zero-order valence-electron chi connectivity index (χ0n) is 9.30. The lowest BCUT2D eigenvalue weighted by molar-refractivity contribution is 0.211. The molecule has 0 aromatic rings. The largest absolute Gasteiger partial charge is 0.411 e. The second kappa shape index (κ2) is 2.85. The van der Waals surface area contributed by atoms with E-state index in [0.29, 0.717) is 5.41 Å². The minimum atomic E-state index is 0.267. The third-order valence-electron chi connectivity index (χ3n) is 3.92. The smallest absolute Gasteiger partial charge is 0.0804 e. The number of fused-ring (bicyclic) bond motifs is 1. The Bertz CT molecular complexity index is 314. The molecule has 1 fully saturated rings. The van der Waals surface area contributed by atoms with Gasteiger partial charge in [-0.15, -0.1) is 0 Å². The van der Waals surface area contributed by atoms with Crippen molar-refractivity contribution in [3.8, 4) is 0 Å². The molecule has 0 aliphatic heterocycles. The Morgan fingerprint density at radius 3 is 2.57 bits per heavy atom. The number of rotatable bonds is 0. The molecule has 0 radical (unpaired) electrons. The molecule has 1 unspecified atom stereocenters. The van der Waals surface area contributed by atoms with Gasteiger partial charge in [-0.25, -0.2) is 0 Å².